The van der Waals surface area contributed by atoms with E-state index in [1.54, 1.807) is 25.1 Å². The minimum Gasteiger partial charge on any atom is -0.324 e. The molecule has 1 aliphatic rings. The van der Waals surface area contributed by atoms with Crippen molar-refractivity contribution in [2.75, 3.05) is 11.9 Å². The first-order valence-electron chi connectivity index (χ1n) is 7.94. The number of anilines is 1. The van der Waals surface area contributed by atoms with Gasteiger partial charge < -0.3 is 5.32 Å². The highest BCUT2D eigenvalue weighted by molar-refractivity contribution is 7.91. The third-order valence-corrected chi connectivity index (χ3v) is 7.62. The van der Waals surface area contributed by atoms with Crippen LogP contribution in [0.15, 0.2) is 34.5 Å². The molecule has 1 atom stereocenters. The van der Waals surface area contributed by atoms with Gasteiger partial charge in [-0.15, -0.1) is 11.3 Å². The van der Waals surface area contributed by atoms with Crippen molar-refractivity contribution in [3.8, 4) is 0 Å². The molecule has 0 aliphatic carbocycles. The van der Waals surface area contributed by atoms with Gasteiger partial charge in [0.25, 0.3) is 10.0 Å². The molecule has 25 heavy (non-hydrogen) atoms. The number of thiophene rings is 1. The average Bonchev–Trinajstić information content (AvgIpc) is 3.20. The number of hydrogen-bond donors (Lipinski definition) is 1. The fourth-order valence-corrected chi connectivity index (χ4v) is 5.97. The lowest BCUT2D eigenvalue weighted by atomic mass is 10.1. The number of hydrogen-bond acceptors (Lipinski definition) is 4. The minimum absolute atomic E-state index is 0.242. The lowest BCUT2D eigenvalue weighted by molar-refractivity contribution is -0.119. The molecule has 5 nitrogen and oxygen atoms in total. The van der Waals surface area contributed by atoms with E-state index >= 15 is 0 Å². The predicted octanol–water partition coefficient (Wildman–Crippen LogP) is 3.30. The van der Waals surface area contributed by atoms with Crippen LogP contribution in [0.25, 0.3) is 0 Å². The SMILES string of the molecule is Cc1ccc(S(=O)(=O)N2CCCC2C(=O)Nc2cc(F)ccc2C)s1. The van der Waals surface area contributed by atoms with E-state index in [-0.39, 0.29) is 4.21 Å². The number of benzene rings is 1. The summed E-state index contributed by atoms with van der Waals surface area (Å²) in [6, 6.07) is 6.66. The Morgan fingerprint density at radius 3 is 2.72 bits per heavy atom. The Labute approximate surface area is 150 Å². The van der Waals surface area contributed by atoms with Gasteiger partial charge in [-0.25, -0.2) is 12.8 Å². The van der Waals surface area contributed by atoms with E-state index in [2.05, 4.69) is 5.32 Å². The molecule has 1 unspecified atom stereocenters. The van der Waals surface area contributed by atoms with Gasteiger partial charge in [0.1, 0.15) is 16.1 Å². The molecule has 0 spiro atoms. The molecule has 2 heterocycles. The fourth-order valence-electron chi connectivity index (χ4n) is 2.90. The van der Waals surface area contributed by atoms with Crippen molar-refractivity contribution in [2.45, 2.75) is 36.9 Å². The molecule has 0 bridgehead atoms. The summed E-state index contributed by atoms with van der Waals surface area (Å²) in [5.41, 5.74) is 1.08. The highest BCUT2D eigenvalue weighted by Gasteiger charge is 2.40. The minimum atomic E-state index is -3.71. The summed E-state index contributed by atoms with van der Waals surface area (Å²) >= 11 is 1.19. The maximum absolute atomic E-state index is 13.4. The van der Waals surface area contributed by atoms with Crippen LogP contribution in [0.4, 0.5) is 10.1 Å². The Morgan fingerprint density at radius 1 is 1.28 bits per heavy atom. The Morgan fingerprint density at radius 2 is 2.04 bits per heavy atom. The topological polar surface area (TPSA) is 66.5 Å². The molecule has 1 aromatic heterocycles. The van der Waals surface area contributed by atoms with E-state index in [4.69, 9.17) is 0 Å². The standard InChI is InChI=1S/C17H19FN2O3S2/c1-11-5-7-13(18)10-14(11)19-17(21)15-4-3-9-20(15)25(22,23)16-8-6-12(2)24-16/h5-8,10,15H,3-4,9H2,1-2H3,(H,19,21). The van der Waals surface area contributed by atoms with Gasteiger partial charge in [-0.1, -0.05) is 6.07 Å². The van der Waals surface area contributed by atoms with Crippen molar-refractivity contribution in [3.63, 3.8) is 0 Å². The summed E-state index contributed by atoms with van der Waals surface area (Å²) in [6.45, 7) is 3.90. The molecule has 8 heteroatoms. The normalized spacial score (nSPS) is 18.4. The van der Waals surface area contributed by atoms with Gasteiger partial charge in [0.2, 0.25) is 5.91 Å². The molecule has 1 aromatic carbocycles. The second-order valence-corrected chi connectivity index (χ2v) is 9.49. The Bertz CT molecular complexity index is 908. The molecule has 1 saturated heterocycles. The van der Waals surface area contributed by atoms with Crippen molar-refractivity contribution >= 4 is 33.0 Å². The van der Waals surface area contributed by atoms with Gasteiger partial charge in [-0.05, 0) is 56.5 Å². The van der Waals surface area contributed by atoms with Crippen LogP contribution in [0, 0.1) is 19.7 Å². The molecular formula is C17H19FN2O3S2. The molecular weight excluding hydrogens is 363 g/mol. The zero-order valence-corrected chi connectivity index (χ0v) is 15.6. The molecule has 0 radical (unpaired) electrons. The van der Waals surface area contributed by atoms with Crippen LogP contribution < -0.4 is 5.32 Å². The Balaban J connectivity index is 1.84. The van der Waals surface area contributed by atoms with E-state index in [9.17, 15) is 17.6 Å². The van der Waals surface area contributed by atoms with Gasteiger partial charge in [0.05, 0.1) is 0 Å². The third-order valence-electron chi connectivity index (χ3n) is 4.24. The summed E-state index contributed by atoms with van der Waals surface area (Å²) in [4.78, 5) is 13.5. The maximum Gasteiger partial charge on any atom is 0.253 e. The first kappa shape index (κ1) is 18.0. The lowest BCUT2D eigenvalue weighted by Gasteiger charge is -2.23. The number of carbonyl (C=O) groups excluding carboxylic acids is 1. The molecule has 1 aliphatic heterocycles. The number of aryl methyl sites for hydroxylation is 2. The van der Waals surface area contributed by atoms with E-state index in [0.717, 1.165) is 10.4 Å². The van der Waals surface area contributed by atoms with Crippen molar-refractivity contribution in [1.29, 1.82) is 0 Å². The highest BCUT2D eigenvalue weighted by atomic mass is 32.2. The van der Waals surface area contributed by atoms with Crippen LogP contribution in [-0.2, 0) is 14.8 Å². The molecule has 1 N–H and O–H groups in total. The number of carbonyl (C=O) groups is 1. The Kier molecular flexibility index (Phi) is 4.95. The number of halogens is 1. The number of amides is 1. The molecule has 134 valence electrons. The van der Waals surface area contributed by atoms with Crippen LogP contribution >= 0.6 is 11.3 Å². The lowest BCUT2D eigenvalue weighted by Crippen LogP contribution is -2.42. The predicted molar refractivity (Wildman–Crippen MR) is 95.7 cm³/mol. The van der Waals surface area contributed by atoms with Crippen LogP contribution in [0.1, 0.15) is 23.3 Å². The largest absolute Gasteiger partial charge is 0.324 e. The van der Waals surface area contributed by atoms with Crippen LogP contribution in [0.5, 0.6) is 0 Å². The van der Waals surface area contributed by atoms with Gasteiger partial charge >= 0.3 is 0 Å². The van der Waals surface area contributed by atoms with E-state index in [0.29, 0.717) is 25.1 Å². The van der Waals surface area contributed by atoms with Gasteiger partial charge in [-0.2, -0.15) is 4.31 Å². The van der Waals surface area contributed by atoms with Gasteiger partial charge in [0.15, 0.2) is 0 Å². The summed E-state index contributed by atoms with van der Waals surface area (Å²) in [5.74, 6) is -0.881. The smallest absolute Gasteiger partial charge is 0.253 e. The van der Waals surface area contributed by atoms with E-state index in [1.165, 1.54) is 27.8 Å². The quantitative estimate of drug-likeness (QED) is 0.882. The van der Waals surface area contributed by atoms with Crippen molar-refractivity contribution < 1.29 is 17.6 Å². The number of sulfonamides is 1. The second kappa shape index (κ2) is 6.86. The first-order valence-corrected chi connectivity index (χ1v) is 10.2. The average molecular weight is 382 g/mol. The maximum atomic E-state index is 13.4. The van der Waals surface area contributed by atoms with Crippen LogP contribution in [0.3, 0.4) is 0 Å². The molecule has 3 rings (SSSR count). The summed E-state index contributed by atoms with van der Waals surface area (Å²) < 4.78 is 40.6. The number of nitrogens with zero attached hydrogens (tertiary/aromatic N) is 1. The summed E-state index contributed by atoms with van der Waals surface area (Å²) in [7, 11) is -3.71. The molecule has 1 fully saturated rings. The van der Waals surface area contributed by atoms with E-state index in [1.807, 2.05) is 6.92 Å². The summed E-state index contributed by atoms with van der Waals surface area (Å²) in [6.07, 6.45) is 1.06. The van der Waals surface area contributed by atoms with Gasteiger partial charge in [0, 0.05) is 17.1 Å². The zero-order chi connectivity index (χ0) is 18.2. The fraction of sp³-hybridized carbons (Fsp3) is 0.353. The first-order chi connectivity index (χ1) is 11.8. The third kappa shape index (κ3) is 3.61. The highest BCUT2D eigenvalue weighted by Crippen LogP contribution is 2.31. The second-order valence-electron chi connectivity index (χ2n) is 6.09. The van der Waals surface area contributed by atoms with Gasteiger partial charge in [-0.3, -0.25) is 4.79 Å². The van der Waals surface area contributed by atoms with Crippen LogP contribution in [0.2, 0.25) is 0 Å². The monoisotopic (exact) mass is 382 g/mol. The molecule has 2 aromatic rings. The number of nitrogens with one attached hydrogen (secondary N) is 1. The van der Waals surface area contributed by atoms with Crippen molar-refractivity contribution in [3.05, 3.63) is 46.6 Å². The zero-order valence-electron chi connectivity index (χ0n) is 14.0. The molecule has 0 saturated carbocycles. The molecule has 1 amide bonds. The van der Waals surface area contributed by atoms with Crippen molar-refractivity contribution in [2.24, 2.45) is 0 Å². The van der Waals surface area contributed by atoms with E-state index < -0.39 is 27.8 Å². The summed E-state index contributed by atoms with van der Waals surface area (Å²) in [5, 5.41) is 2.67. The van der Waals surface area contributed by atoms with Crippen molar-refractivity contribution in [1.82, 2.24) is 4.31 Å². The number of rotatable bonds is 4. The van der Waals surface area contributed by atoms with Crippen LogP contribution in [-0.4, -0.2) is 31.2 Å². The Hall–Kier alpha value is -1.77.